The molecule has 164 valence electrons. The fourth-order valence-corrected chi connectivity index (χ4v) is 3.18. The SMILES string of the molecule is CCOC(COCc1cc(C2CC2)cn2cc(CN/C=C(\N)C(=O)O)nc12)OCC. The van der Waals surface area contributed by atoms with Gasteiger partial charge in [0.2, 0.25) is 0 Å². The molecule has 0 unspecified atom stereocenters. The molecule has 1 aliphatic carbocycles. The molecule has 3 rings (SSSR count). The average Bonchev–Trinajstić information content (AvgIpc) is 3.48. The third-order valence-corrected chi connectivity index (χ3v) is 4.75. The number of rotatable bonds is 13. The monoisotopic (exact) mass is 418 g/mol. The van der Waals surface area contributed by atoms with Crippen molar-refractivity contribution in [3.8, 4) is 0 Å². The van der Waals surface area contributed by atoms with E-state index < -0.39 is 5.97 Å². The van der Waals surface area contributed by atoms with Gasteiger partial charge >= 0.3 is 5.97 Å². The Hall–Kier alpha value is -2.62. The summed E-state index contributed by atoms with van der Waals surface area (Å²) in [5, 5.41) is 11.7. The van der Waals surface area contributed by atoms with Crippen LogP contribution in [0.2, 0.25) is 0 Å². The highest BCUT2D eigenvalue weighted by Crippen LogP contribution is 2.40. The Morgan fingerprint density at radius 1 is 1.37 bits per heavy atom. The Morgan fingerprint density at radius 3 is 2.73 bits per heavy atom. The number of nitrogens with two attached hydrogens (primary N) is 1. The number of imidazole rings is 1. The van der Waals surface area contributed by atoms with Gasteiger partial charge in [-0.05, 0) is 44.2 Å². The Morgan fingerprint density at radius 2 is 2.10 bits per heavy atom. The standard InChI is InChI=1S/C21H30N4O5/c1-3-29-19(30-4-2)13-28-12-16-7-15(14-5-6-14)10-25-11-17(24-20(16)25)8-23-9-18(22)21(26)27/h7,9-11,14,19,23H,3-6,8,12-13,22H2,1-2H3,(H,26,27)/b18-9-. The number of fused-ring (bicyclic) bond motifs is 1. The van der Waals surface area contributed by atoms with Gasteiger partial charge in [-0.2, -0.15) is 0 Å². The van der Waals surface area contributed by atoms with E-state index in [2.05, 4.69) is 22.6 Å². The van der Waals surface area contributed by atoms with E-state index in [0.717, 1.165) is 16.9 Å². The molecule has 0 amide bonds. The number of hydrogen-bond donors (Lipinski definition) is 3. The zero-order valence-electron chi connectivity index (χ0n) is 17.5. The Balaban J connectivity index is 1.72. The molecule has 0 radical (unpaired) electrons. The predicted molar refractivity (Wildman–Crippen MR) is 111 cm³/mol. The number of ether oxygens (including phenoxy) is 3. The molecule has 0 aliphatic heterocycles. The lowest BCUT2D eigenvalue weighted by atomic mass is 10.1. The molecular weight excluding hydrogens is 388 g/mol. The lowest BCUT2D eigenvalue weighted by Gasteiger charge is -2.17. The summed E-state index contributed by atoms with van der Waals surface area (Å²) in [6, 6.07) is 2.16. The van der Waals surface area contributed by atoms with Crippen molar-refractivity contribution in [3.05, 3.63) is 47.2 Å². The second-order valence-electron chi connectivity index (χ2n) is 7.18. The number of aromatic nitrogens is 2. The van der Waals surface area contributed by atoms with E-state index in [4.69, 9.17) is 25.1 Å². The molecule has 30 heavy (non-hydrogen) atoms. The highest BCUT2D eigenvalue weighted by atomic mass is 16.7. The molecule has 9 heteroatoms. The van der Waals surface area contributed by atoms with E-state index in [1.165, 1.54) is 24.6 Å². The van der Waals surface area contributed by atoms with Crippen LogP contribution in [0.25, 0.3) is 5.65 Å². The molecule has 0 atom stereocenters. The maximum atomic E-state index is 10.8. The second kappa shape index (κ2) is 10.4. The van der Waals surface area contributed by atoms with E-state index in [1.54, 1.807) is 0 Å². The van der Waals surface area contributed by atoms with Crippen LogP contribution in [0.5, 0.6) is 0 Å². The van der Waals surface area contributed by atoms with Gasteiger partial charge in [-0.15, -0.1) is 0 Å². The maximum absolute atomic E-state index is 10.8. The van der Waals surface area contributed by atoms with Gasteiger partial charge in [-0.1, -0.05) is 0 Å². The molecule has 2 heterocycles. The first-order valence-electron chi connectivity index (χ1n) is 10.3. The van der Waals surface area contributed by atoms with Gasteiger partial charge in [0.15, 0.2) is 6.29 Å². The lowest BCUT2D eigenvalue weighted by Crippen LogP contribution is -2.23. The molecular formula is C21H30N4O5. The smallest absolute Gasteiger partial charge is 0.353 e. The first kappa shape index (κ1) is 22.1. The largest absolute Gasteiger partial charge is 0.477 e. The fourth-order valence-electron chi connectivity index (χ4n) is 3.18. The number of hydrogen-bond acceptors (Lipinski definition) is 7. The van der Waals surface area contributed by atoms with Crippen molar-refractivity contribution in [2.24, 2.45) is 5.73 Å². The van der Waals surface area contributed by atoms with Crippen LogP contribution in [0.15, 0.2) is 30.4 Å². The predicted octanol–water partition coefficient (Wildman–Crippen LogP) is 2.10. The van der Waals surface area contributed by atoms with Crippen LogP contribution in [-0.2, 0) is 32.2 Å². The molecule has 0 spiro atoms. The number of carboxylic acids is 1. The van der Waals surface area contributed by atoms with Crippen LogP contribution in [0, 0.1) is 0 Å². The Labute approximate surface area is 175 Å². The van der Waals surface area contributed by atoms with Crippen molar-refractivity contribution in [1.29, 1.82) is 0 Å². The normalized spacial score (nSPS) is 14.6. The van der Waals surface area contributed by atoms with Crippen LogP contribution < -0.4 is 11.1 Å². The van der Waals surface area contributed by atoms with Crippen molar-refractivity contribution in [2.45, 2.75) is 52.0 Å². The maximum Gasteiger partial charge on any atom is 0.353 e. The molecule has 4 N–H and O–H groups in total. The van der Waals surface area contributed by atoms with Crippen molar-refractivity contribution in [2.75, 3.05) is 19.8 Å². The highest BCUT2D eigenvalue weighted by molar-refractivity contribution is 5.85. The minimum atomic E-state index is -1.16. The highest BCUT2D eigenvalue weighted by Gasteiger charge is 2.25. The van der Waals surface area contributed by atoms with Gasteiger partial charge in [0.1, 0.15) is 11.3 Å². The molecule has 2 aromatic heterocycles. The summed E-state index contributed by atoms with van der Waals surface area (Å²) in [4.78, 5) is 15.5. The summed E-state index contributed by atoms with van der Waals surface area (Å²) in [6.45, 7) is 6.08. The van der Waals surface area contributed by atoms with E-state index in [9.17, 15) is 4.79 Å². The van der Waals surface area contributed by atoms with Crippen molar-refractivity contribution < 1.29 is 24.1 Å². The number of carbonyl (C=O) groups is 1. The van der Waals surface area contributed by atoms with Gasteiger partial charge in [0, 0.05) is 37.4 Å². The van der Waals surface area contributed by atoms with Gasteiger partial charge in [0.05, 0.1) is 25.5 Å². The molecule has 1 fully saturated rings. The van der Waals surface area contributed by atoms with Crippen LogP contribution >= 0.6 is 0 Å². The number of carboxylic acid groups (broad SMARTS) is 1. The number of nitrogens with one attached hydrogen (secondary N) is 1. The van der Waals surface area contributed by atoms with E-state index in [1.807, 2.05) is 24.4 Å². The third kappa shape index (κ3) is 5.94. The first-order valence-corrected chi connectivity index (χ1v) is 10.3. The second-order valence-corrected chi connectivity index (χ2v) is 7.18. The molecule has 0 bridgehead atoms. The van der Waals surface area contributed by atoms with Crippen LogP contribution in [-0.4, -0.2) is 46.6 Å². The zero-order valence-corrected chi connectivity index (χ0v) is 17.5. The summed E-state index contributed by atoms with van der Waals surface area (Å²) in [5.74, 6) is -0.571. The average molecular weight is 418 g/mol. The summed E-state index contributed by atoms with van der Waals surface area (Å²) < 4.78 is 19.0. The molecule has 0 aromatic carbocycles. The van der Waals surface area contributed by atoms with Crippen molar-refractivity contribution in [3.63, 3.8) is 0 Å². The molecule has 1 aliphatic rings. The third-order valence-electron chi connectivity index (χ3n) is 4.75. The summed E-state index contributed by atoms with van der Waals surface area (Å²) in [6.07, 6.45) is 7.33. The Bertz CT molecular complexity index is 885. The van der Waals surface area contributed by atoms with Gasteiger partial charge in [-0.3, -0.25) is 0 Å². The van der Waals surface area contributed by atoms with Gasteiger partial charge in [0.25, 0.3) is 0 Å². The lowest BCUT2D eigenvalue weighted by molar-refractivity contribution is -0.169. The van der Waals surface area contributed by atoms with Crippen molar-refractivity contribution in [1.82, 2.24) is 14.7 Å². The summed E-state index contributed by atoms with van der Waals surface area (Å²) in [5.41, 5.74) is 9.02. The fraction of sp³-hybridized carbons (Fsp3) is 0.524. The summed E-state index contributed by atoms with van der Waals surface area (Å²) in [7, 11) is 0. The molecule has 0 saturated heterocycles. The Kier molecular flexibility index (Phi) is 7.67. The molecule has 2 aromatic rings. The van der Waals surface area contributed by atoms with E-state index in [-0.39, 0.29) is 12.0 Å². The minimum absolute atomic E-state index is 0.248. The van der Waals surface area contributed by atoms with Gasteiger partial charge in [-0.25, -0.2) is 9.78 Å². The molecule has 9 nitrogen and oxygen atoms in total. The summed E-state index contributed by atoms with van der Waals surface area (Å²) >= 11 is 0. The van der Waals surface area contributed by atoms with Crippen LogP contribution in [0.4, 0.5) is 0 Å². The minimum Gasteiger partial charge on any atom is -0.477 e. The number of aliphatic carboxylic acids is 1. The zero-order chi connectivity index (χ0) is 21.5. The van der Waals surface area contributed by atoms with Crippen LogP contribution in [0.3, 0.4) is 0 Å². The van der Waals surface area contributed by atoms with Crippen LogP contribution in [0.1, 0.15) is 49.4 Å². The quantitative estimate of drug-likeness (QED) is 0.334. The molecule has 1 saturated carbocycles. The topological polar surface area (TPSA) is 120 Å². The van der Waals surface area contributed by atoms with E-state index in [0.29, 0.717) is 38.9 Å². The number of nitrogens with zero attached hydrogens (tertiary/aromatic N) is 2. The first-order chi connectivity index (χ1) is 14.5. The van der Waals surface area contributed by atoms with Gasteiger partial charge < -0.3 is 34.8 Å². The number of pyridine rings is 1. The van der Waals surface area contributed by atoms with E-state index >= 15 is 0 Å². The van der Waals surface area contributed by atoms with Crippen molar-refractivity contribution >= 4 is 11.6 Å².